The van der Waals surface area contributed by atoms with Gasteiger partial charge in [0.2, 0.25) is 76.8 Å². The Bertz CT molecular complexity index is 4290. The Labute approximate surface area is 595 Å². The molecule has 0 aliphatic carbocycles. The van der Waals surface area contributed by atoms with Crippen LogP contribution in [0.15, 0.2) is 122 Å². The van der Waals surface area contributed by atoms with Gasteiger partial charge in [-0.2, -0.15) is 0 Å². The van der Waals surface area contributed by atoms with Crippen LogP contribution in [0.2, 0.25) is 0 Å². The number of likely N-dealkylation sites (tertiary alicyclic amines) is 1. The van der Waals surface area contributed by atoms with Gasteiger partial charge in [-0.1, -0.05) is 84.9 Å². The van der Waals surface area contributed by atoms with E-state index in [0.717, 1.165) is 6.92 Å². The molecule has 1 aliphatic rings. The number of carbonyl (C=O) groups is 14. The molecule has 3 aromatic heterocycles. The summed E-state index contributed by atoms with van der Waals surface area (Å²) < 4.78 is 0. The van der Waals surface area contributed by atoms with Crippen molar-refractivity contribution in [3.05, 3.63) is 144 Å². The molecule has 0 saturated carbocycles. The standard InChI is InChI=1S/C71H87N17O16/c1-38(63(96)83-52(27-40-15-4-3-5-16-40)65(98)82-51(62(74)95)32-61(93)94)79-60(92)36-78-70(103)58-24-14-26-88(58)71(104)56(30-43-35-77-49-22-11-8-19-46(43)49)87-67(100)54(29-42-34-76-48-21-10-7-18-45(42)48)84-64(97)50(23-12-13-25-72)81-66(99)53(28-41-33-75-47-20-9-6-17-44(41)47)85-68(101)55(31-59(73)91)86-69(102)57(37-89)80-39(2)90/h3-11,15-22,33-35,38,50-58,75-77,89H,12-14,23-32,36-37,72H2,1-2H3,(H2,73,91)(H2,74,95)(H,78,103)(H,79,92)(H,80,90)(H,81,99)(H,82,98)(H,83,96)(H,84,97)(H,85,101)(H,86,102)(H,87,100)(H,93,94)/t38-,50-,51-,52-,53-,54-,55-,56-,57-,58-/m0/s1. The van der Waals surface area contributed by atoms with Crippen molar-refractivity contribution in [2.45, 2.75) is 145 Å². The summed E-state index contributed by atoms with van der Waals surface area (Å²) in [5.41, 5.74) is 21.1. The van der Waals surface area contributed by atoms with Crippen LogP contribution in [-0.2, 0) is 92.8 Å². The van der Waals surface area contributed by atoms with Gasteiger partial charge in [-0.15, -0.1) is 0 Å². The number of primary amides is 2. The van der Waals surface area contributed by atoms with Crippen LogP contribution in [0.25, 0.3) is 32.7 Å². The third-order valence-electron chi connectivity index (χ3n) is 17.7. The number of hydrogen-bond donors (Lipinski definition) is 18. The number of carbonyl (C=O) groups excluding carboxylic acids is 13. The van der Waals surface area contributed by atoms with Gasteiger partial charge in [-0.05, 0) is 86.0 Å². The van der Waals surface area contributed by atoms with Crippen molar-refractivity contribution >= 4 is 115 Å². The minimum absolute atomic E-state index is 0.0272. The molecule has 4 heterocycles. The molecule has 104 heavy (non-hydrogen) atoms. The average Bonchev–Trinajstić information content (AvgIpc) is 1.64. The molecule has 1 fully saturated rings. The minimum atomic E-state index is -1.74. The van der Waals surface area contributed by atoms with E-state index in [4.69, 9.17) is 17.2 Å². The van der Waals surface area contributed by atoms with E-state index in [1.165, 1.54) is 11.8 Å². The fourth-order valence-electron chi connectivity index (χ4n) is 12.3. The lowest BCUT2D eigenvalue weighted by Crippen LogP contribution is -2.61. The van der Waals surface area contributed by atoms with Gasteiger partial charge in [0.15, 0.2) is 0 Å². The molecular weight excluding hydrogens is 1350 g/mol. The number of benzene rings is 4. The summed E-state index contributed by atoms with van der Waals surface area (Å²) in [4.78, 5) is 202. The third-order valence-corrected chi connectivity index (χ3v) is 17.7. The fourth-order valence-corrected chi connectivity index (χ4v) is 12.3. The van der Waals surface area contributed by atoms with Crippen LogP contribution in [0.3, 0.4) is 0 Å². The van der Waals surface area contributed by atoms with Gasteiger partial charge in [0.05, 0.1) is 26.0 Å². The van der Waals surface area contributed by atoms with Crippen molar-refractivity contribution in [3.63, 3.8) is 0 Å². The Hall–Kier alpha value is -12.0. The Morgan fingerprint density at radius 3 is 1.45 bits per heavy atom. The van der Waals surface area contributed by atoms with Crippen LogP contribution in [-0.4, -0.2) is 199 Å². The van der Waals surface area contributed by atoms with E-state index < -0.39 is 169 Å². The van der Waals surface area contributed by atoms with E-state index in [9.17, 15) is 63.0 Å². The highest BCUT2D eigenvalue weighted by atomic mass is 16.4. The molecule has 0 spiro atoms. The first kappa shape index (κ1) is 77.7. The second kappa shape index (κ2) is 37.1. The van der Waals surface area contributed by atoms with Gasteiger partial charge in [0.1, 0.15) is 60.4 Å². The number of aromatic amines is 3. The fraction of sp³-hybridized carbons (Fsp3) is 0.380. The Balaban J connectivity index is 1.03. The molecule has 7 aromatic rings. The van der Waals surface area contributed by atoms with Crippen molar-refractivity contribution in [1.82, 2.24) is 73.0 Å². The number of rotatable bonds is 38. The monoisotopic (exact) mass is 1430 g/mol. The van der Waals surface area contributed by atoms with Crippen LogP contribution in [0.4, 0.5) is 0 Å². The highest BCUT2D eigenvalue weighted by Gasteiger charge is 2.41. The summed E-state index contributed by atoms with van der Waals surface area (Å²) in [6, 6.07) is 15.1. The molecule has 21 N–H and O–H groups in total. The van der Waals surface area contributed by atoms with Crippen molar-refractivity contribution in [2.24, 2.45) is 17.2 Å². The number of carboxylic acids is 1. The number of aliphatic carboxylic acids is 1. The molecule has 552 valence electrons. The van der Waals surface area contributed by atoms with Crippen LogP contribution in [0.5, 0.6) is 0 Å². The van der Waals surface area contributed by atoms with Gasteiger partial charge in [0.25, 0.3) is 0 Å². The first-order valence-corrected chi connectivity index (χ1v) is 33.9. The smallest absolute Gasteiger partial charge is 0.305 e. The molecule has 0 unspecified atom stereocenters. The number of nitrogens with two attached hydrogens (primary N) is 3. The maximum atomic E-state index is 15.4. The molecule has 1 saturated heterocycles. The number of hydrogen-bond acceptors (Lipinski definition) is 16. The highest BCUT2D eigenvalue weighted by molar-refractivity contribution is 6.01. The lowest BCUT2D eigenvalue weighted by Gasteiger charge is -2.30. The summed E-state index contributed by atoms with van der Waals surface area (Å²) in [6.45, 7) is 1.03. The first-order chi connectivity index (χ1) is 49.8. The van der Waals surface area contributed by atoms with Crippen LogP contribution in [0.1, 0.15) is 81.0 Å². The lowest BCUT2D eigenvalue weighted by molar-refractivity contribution is -0.142. The number of aliphatic hydroxyl groups excluding tert-OH is 1. The van der Waals surface area contributed by atoms with Crippen molar-refractivity contribution in [1.29, 1.82) is 0 Å². The number of amides is 13. The van der Waals surface area contributed by atoms with Crippen molar-refractivity contribution in [2.75, 3.05) is 26.2 Å². The summed E-state index contributed by atoms with van der Waals surface area (Å²) in [7, 11) is 0. The molecule has 0 bridgehead atoms. The normalized spacial score (nSPS) is 15.3. The first-order valence-electron chi connectivity index (χ1n) is 33.9. The molecule has 1 aliphatic heterocycles. The van der Waals surface area contributed by atoms with E-state index in [1.807, 2.05) is 12.1 Å². The number of fused-ring (bicyclic) bond motifs is 3. The number of nitrogens with one attached hydrogen (secondary N) is 13. The van der Waals surface area contributed by atoms with Gasteiger partial charge in [-0.25, -0.2) is 0 Å². The number of carboxylic acid groups (broad SMARTS) is 1. The molecule has 0 radical (unpaired) electrons. The topological polar surface area (TPSA) is 528 Å². The van der Waals surface area contributed by atoms with Crippen molar-refractivity contribution in [3.8, 4) is 0 Å². The van der Waals surface area contributed by atoms with E-state index in [0.29, 0.717) is 67.8 Å². The molecule has 13 amide bonds. The van der Waals surface area contributed by atoms with Gasteiger partial charge in [0, 0.05) is 90.5 Å². The zero-order valence-electron chi connectivity index (χ0n) is 57.2. The van der Waals surface area contributed by atoms with E-state index in [-0.39, 0.29) is 58.0 Å². The van der Waals surface area contributed by atoms with Crippen LogP contribution < -0.4 is 70.4 Å². The minimum Gasteiger partial charge on any atom is -0.481 e. The number of aliphatic hydroxyl groups is 1. The second-order valence-electron chi connectivity index (χ2n) is 25.4. The molecule has 33 nitrogen and oxygen atoms in total. The number of H-pyrrole nitrogens is 3. The number of aromatic nitrogens is 3. The van der Waals surface area contributed by atoms with E-state index in [1.54, 1.807) is 110 Å². The average molecular weight is 1430 g/mol. The summed E-state index contributed by atoms with van der Waals surface area (Å²) >= 11 is 0. The van der Waals surface area contributed by atoms with E-state index >= 15 is 14.4 Å². The van der Waals surface area contributed by atoms with Crippen LogP contribution in [0, 0.1) is 0 Å². The zero-order chi connectivity index (χ0) is 75.1. The Morgan fingerprint density at radius 2 is 0.952 bits per heavy atom. The highest BCUT2D eigenvalue weighted by Crippen LogP contribution is 2.25. The molecular formula is C71H87N17O16. The third kappa shape index (κ3) is 21.5. The summed E-state index contributed by atoms with van der Waals surface area (Å²) in [5.74, 6) is -13.2. The van der Waals surface area contributed by atoms with Crippen LogP contribution >= 0.6 is 0 Å². The number of unbranched alkanes of at least 4 members (excludes halogenated alkanes) is 1. The lowest BCUT2D eigenvalue weighted by atomic mass is 10.00. The number of para-hydroxylation sites is 3. The Kier molecular flexibility index (Phi) is 27.7. The summed E-state index contributed by atoms with van der Waals surface area (Å²) in [6.07, 6.45) is 3.62. The van der Waals surface area contributed by atoms with Gasteiger partial charge in [-0.3, -0.25) is 67.1 Å². The predicted octanol–water partition coefficient (Wildman–Crippen LogP) is -2.13. The quantitative estimate of drug-likeness (QED) is 0.0184. The maximum Gasteiger partial charge on any atom is 0.305 e. The molecule has 8 rings (SSSR count). The van der Waals surface area contributed by atoms with Gasteiger partial charge < -0.3 is 100 Å². The second-order valence-corrected chi connectivity index (χ2v) is 25.4. The zero-order valence-corrected chi connectivity index (χ0v) is 57.2. The molecule has 33 heteroatoms. The summed E-state index contributed by atoms with van der Waals surface area (Å²) in [5, 5.41) is 46.7. The Morgan fingerprint density at radius 1 is 0.510 bits per heavy atom. The number of nitrogens with zero attached hydrogens (tertiary/aromatic N) is 1. The predicted molar refractivity (Wildman–Crippen MR) is 378 cm³/mol. The van der Waals surface area contributed by atoms with Gasteiger partial charge >= 0.3 is 5.97 Å². The SMILES string of the molecule is CC(=O)N[C@@H](CO)C(=O)N[C@@H](CC(N)=O)C(=O)N[C@@H](Cc1c[nH]c2ccccc12)C(=O)N[C@@H](CCCCN)C(=O)N[C@@H](Cc1c[nH]c2ccccc12)C(=O)N[C@@H](Cc1c[nH]c2ccccc12)C(=O)N1CCC[C@H]1C(=O)NCC(=O)N[C@@H](C)C(=O)N[C@@H](Cc1ccccc1)C(=O)N[C@@H](CC(=O)O)C(N)=O. The van der Waals surface area contributed by atoms with E-state index in [2.05, 4.69) is 68.1 Å². The molecule has 4 aromatic carbocycles. The molecule has 10 atom stereocenters. The largest absolute Gasteiger partial charge is 0.481 e. The maximum absolute atomic E-state index is 15.4. The van der Waals surface area contributed by atoms with Crippen molar-refractivity contribution < 1.29 is 77.3 Å².